The normalized spacial score (nSPS) is 14.1. The average molecular weight is 355 g/mol. The smallest absolute Gasteiger partial charge is 0.224 e. The molecule has 21 heavy (non-hydrogen) atoms. The number of hydrogen-bond donors (Lipinski definition) is 0. The van der Waals surface area contributed by atoms with Gasteiger partial charge in [-0.15, -0.1) is 10.3 Å². The van der Waals surface area contributed by atoms with Gasteiger partial charge in [-0.05, 0) is 36.6 Å². The fourth-order valence-electron chi connectivity index (χ4n) is 1.82. The summed E-state index contributed by atoms with van der Waals surface area (Å²) < 4.78 is 51.6. The first kappa shape index (κ1) is 18.5. The van der Waals surface area contributed by atoms with Crippen LogP contribution in [0.5, 0.6) is 0 Å². The van der Waals surface area contributed by atoms with Gasteiger partial charge in [0.2, 0.25) is 0 Å². The minimum Gasteiger partial charge on any atom is -0.224 e. The van der Waals surface area contributed by atoms with Crippen LogP contribution >= 0.6 is 10.3 Å². The molecule has 0 radical (unpaired) electrons. The number of hydrogen-bond acceptors (Lipinski definition) is 5. The van der Waals surface area contributed by atoms with Crippen molar-refractivity contribution in [2.75, 3.05) is 24.5 Å². The topological polar surface area (TPSA) is 77.5 Å². The zero-order valence-electron chi connectivity index (χ0n) is 12.7. The molecule has 0 atom stereocenters. The van der Waals surface area contributed by atoms with Crippen LogP contribution in [-0.4, -0.2) is 41.4 Å². The highest BCUT2D eigenvalue weighted by atomic mass is 32.3. The highest BCUT2D eigenvalue weighted by Crippen LogP contribution is 2.46. The maximum atomic E-state index is 11.7. The van der Waals surface area contributed by atoms with Crippen LogP contribution in [0.15, 0.2) is 29.2 Å². The Bertz CT molecular complexity index is 673. The van der Waals surface area contributed by atoms with Crippen LogP contribution in [0, 0.1) is 0 Å². The predicted molar refractivity (Wildman–Crippen MR) is 87.9 cm³/mol. The van der Waals surface area contributed by atoms with E-state index in [-0.39, 0.29) is 10.6 Å². The van der Waals surface area contributed by atoms with Gasteiger partial charge in [-0.1, -0.05) is 19.1 Å². The molecule has 0 bridgehead atoms. The molecule has 0 aromatic heterocycles. The van der Waals surface area contributed by atoms with Crippen molar-refractivity contribution < 1.29 is 20.5 Å². The molecule has 0 saturated carbocycles. The monoisotopic (exact) mass is 354 g/mol. The molecule has 122 valence electrons. The molecule has 0 amide bonds. The van der Waals surface area contributed by atoms with Crippen LogP contribution in [0.1, 0.15) is 18.9 Å². The summed E-state index contributed by atoms with van der Waals surface area (Å²) in [5, 5.41) is 0. The van der Waals surface area contributed by atoms with Crippen molar-refractivity contribution in [3.63, 3.8) is 0 Å². The van der Waals surface area contributed by atoms with E-state index in [1.165, 1.54) is 12.1 Å². The molecule has 0 heterocycles. The summed E-state index contributed by atoms with van der Waals surface area (Å²) >= 11 is 0. The highest BCUT2D eigenvalue weighted by molar-refractivity contribution is 8.31. The number of sulfone groups is 1. The van der Waals surface area contributed by atoms with Crippen molar-refractivity contribution in [3.05, 3.63) is 29.8 Å². The molecule has 0 fully saturated rings. The molecule has 0 aliphatic carbocycles. The molecule has 0 saturated heterocycles. The van der Waals surface area contributed by atoms with Crippen molar-refractivity contribution in [1.82, 2.24) is 0 Å². The van der Waals surface area contributed by atoms with E-state index >= 15 is 0 Å². The third kappa shape index (κ3) is 6.37. The molecular formula is C13H22O5S3. The molecule has 0 aliphatic rings. The van der Waals surface area contributed by atoms with Crippen molar-refractivity contribution in [3.8, 4) is 0 Å². The molecular weight excluding hydrogens is 332 g/mol. The molecule has 1 aromatic carbocycles. The molecule has 0 aliphatic heterocycles. The van der Waals surface area contributed by atoms with E-state index in [4.69, 9.17) is 3.63 Å². The highest BCUT2D eigenvalue weighted by Gasteiger charge is 2.22. The third-order valence-electron chi connectivity index (χ3n) is 2.61. The second-order valence-electron chi connectivity index (χ2n) is 5.33. The Kier molecular flexibility index (Phi) is 5.88. The van der Waals surface area contributed by atoms with E-state index in [1.807, 2.05) is 0 Å². The van der Waals surface area contributed by atoms with Crippen LogP contribution in [0.3, 0.4) is 0 Å². The zero-order chi connectivity index (χ0) is 16.3. The molecule has 0 N–H and O–H groups in total. The summed E-state index contributed by atoms with van der Waals surface area (Å²) in [4.78, 5) is 0.249. The summed E-state index contributed by atoms with van der Waals surface area (Å²) in [7, 11) is -8.52. The van der Waals surface area contributed by atoms with E-state index in [9.17, 15) is 16.8 Å². The first-order valence-corrected chi connectivity index (χ1v) is 12.4. The summed E-state index contributed by atoms with van der Waals surface area (Å²) in [5.41, 5.74) is 0.856. The number of benzene rings is 1. The second kappa shape index (κ2) is 6.68. The Morgan fingerprint density at radius 2 is 1.48 bits per heavy atom. The van der Waals surface area contributed by atoms with Gasteiger partial charge < -0.3 is 0 Å². The Labute approximate surface area is 129 Å². The minimum absolute atomic E-state index is 0.0104. The van der Waals surface area contributed by atoms with Crippen LogP contribution < -0.4 is 0 Å². The molecule has 1 rings (SSSR count). The Hall–Kier alpha value is -0.570. The fourth-order valence-corrected chi connectivity index (χ4v) is 6.66. The van der Waals surface area contributed by atoms with Crippen LogP contribution in [-0.2, 0) is 29.3 Å². The fraction of sp³-hybridized carbons (Fsp3) is 0.538. The SMILES string of the molecule is CCCS(=O)(=O)OS(C)(C)Cc1ccc(S(C)(=O)=O)cc1. The van der Waals surface area contributed by atoms with Crippen LogP contribution in [0.25, 0.3) is 0 Å². The molecule has 1 aromatic rings. The zero-order valence-corrected chi connectivity index (χ0v) is 15.1. The molecule has 0 spiro atoms. The van der Waals surface area contributed by atoms with Gasteiger partial charge >= 0.3 is 0 Å². The van der Waals surface area contributed by atoms with Gasteiger partial charge in [-0.3, -0.25) is 0 Å². The van der Waals surface area contributed by atoms with Crippen LogP contribution in [0.4, 0.5) is 0 Å². The van der Waals surface area contributed by atoms with Gasteiger partial charge in [-0.25, -0.2) is 12.0 Å². The Morgan fingerprint density at radius 1 is 0.952 bits per heavy atom. The van der Waals surface area contributed by atoms with Crippen molar-refractivity contribution >= 4 is 30.3 Å². The lowest BCUT2D eigenvalue weighted by Crippen LogP contribution is -2.14. The third-order valence-corrected chi connectivity index (χ3v) is 7.98. The number of rotatable bonds is 7. The minimum atomic E-state index is -3.50. The first-order chi connectivity index (χ1) is 9.45. The van der Waals surface area contributed by atoms with E-state index < -0.39 is 30.3 Å². The molecule has 0 unspecified atom stereocenters. The maximum absolute atomic E-state index is 11.7. The Balaban J connectivity index is 2.85. The first-order valence-electron chi connectivity index (χ1n) is 6.39. The van der Waals surface area contributed by atoms with Crippen molar-refractivity contribution in [2.24, 2.45) is 0 Å². The summed E-state index contributed by atoms with van der Waals surface area (Å²) in [6.07, 6.45) is 5.23. The second-order valence-corrected chi connectivity index (χ2v) is 12.6. The molecule has 5 nitrogen and oxygen atoms in total. The lowest BCUT2D eigenvalue weighted by Gasteiger charge is -2.29. The quantitative estimate of drug-likeness (QED) is 0.751. The van der Waals surface area contributed by atoms with E-state index in [1.54, 1.807) is 31.6 Å². The van der Waals surface area contributed by atoms with Crippen LogP contribution in [0.2, 0.25) is 0 Å². The maximum Gasteiger partial charge on any atom is 0.276 e. The van der Waals surface area contributed by atoms with Gasteiger partial charge in [0.15, 0.2) is 9.84 Å². The van der Waals surface area contributed by atoms with E-state index in [0.29, 0.717) is 12.2 Å². The average Bonchev–Trinajstić information content (AvgIpc) is 2.25. The molecule has 8 heteroatoms. The Morgan fingerprint density at radius 3 is 1.90 bits per heavy atom. The predicted octanol–water partition coefficient (Wildman–Crippen LogP) is 2.33. The van der Waals surface area contributed by atoms with Crippen molar-refractivity contribution in [2.45, 2.75) is 24.0 Å². The standard InChI is InChI=1S/C13H22O5S3/c1-5-10-21(16,17)18-19(2,3)11-12-6-8-13(9-7-12)20(4,14)15/h6-9H,5,10-11H2,1-4H3. The lowest BCUT2D eigenvalue weighted by molar-refractivity contribution is 0.510. The lowest BCUT2D eigenvalue weighted by atomic mass is 10.2. The van der Waals surface area contributed by atoms with E-state index in [0.717, 1.165) is 11.8 Å². The summed E-state index contributed by atoms with van der Waals surface area (Å²) in [6, 6.07) is 6.45. The van der Waals surface area contributed by atoms with Crippen molar-refractivity contribution in [1.29, 1.82) is 0 Å². The summed E-state index contributed by atoms with van der Waals surface area (Å²) in [5.74, 6) is 0.469. The summed E-state index contributed by atoms with van der Waals surface area (Å²) in [6.45, 7) is 1.78. The van der Waals surface area contributed by atoms with E-state index in [2.05, 4.69) is 0 Å². The van der Waals surface area contributed by atoms with Gasteiger partial charge in [0.05, 0.1) is 10.6 Å². The van der Waals surface area contributed by atoms with Gasteiger partial charge in [0.25, 0.3) is 10.1 Å². The van der Waals surface area contributed by atoms with Gasteiger partial charge in [0, 0.05) is 12.0 Å². The largest absolute Gasteiger partial charge is 0.276 e. The van der Waals surface area contributed by atoms with Gasteiger partial charge in [-0.2, -0.15) is 8.42 Å². The van der Waals surface area contributed by atoms with Gasteiger partial charge in [0.1, 0.15) is 0 Å².